The van der Waals surface area contributed by atoms with Gasteiger partial charge in [0, 0.05) is 0 Å². The van der Waals surface area contributed by atoms with Crippen molar-refractivity contribution in [2.45, 2.75) is 24.4 Å². The van der Waals surface area contributed by atoms with E-state index < -0.39 is 76.2 Å². The summed E-state index contributed by atoms with van der Waals surface area (Å²) in [5.74, 6) is -0.791. The van der Waals surface area contributed by atoms with Crippen LogP contribution in [0, 0.1) is 0 Å². The van der Waals surface area contributed by atoms with Gasteiger partial charge in [-0.05, 0) is 0 Å². The minimum atomic E-state index is -6.38. The number of aliphatic hydroxyl groups is 2. The van der Waals surface area contributed by atoms with Crippen LogP contribution < -0.4 is 53.2 Å². The summed E-state index contributed by atoms with van der Waals surface area (Å²) in [6.07, 6.45) is -18.7. The Balaban J connectivity index is 0.00000441. The predicted molar refractivity (Wildman–Crippen MR) is 80.1 cm³/mol. The van der Waals surface area contributed by atoms with Crippen molar-refractivity contribution in [3.63, 3.8) is 0 Å². The topological polar surface area (TPSA) is 238 Å². The Morgan fingerprint density at radius 1 is 1.41 bits per heavy atom. The Hall–Kier alpha value is -0.315. The summed E-state index contributed by atoms with van der Waals surface area (Å²) in [5, 5.41) is 8.08. The second-order valence-corrected chi connectivity index (χ2v) is 7.06. The third-order valence-corrected chi connectivity index (χ3v) is 4.58. The second kappa shape index (κ2) is 9.87. The van der Waals surface area contributed by atoms with Crippen LogP contribution in [0.2, 0.25) is 2.82 Å². The molecular formula is C10H13Li2N5O10P2. The summed E-state index contributed by atoms with van der Waals surface area (Å²) in [6.45, 7) is -4.45. The van der Waals surface area contributed by atoms with Crippen LogP contribution in [0.5, 0.6) is 0 Å². The average molecular weight is 452 g/mol. The number of nitrogens with two attached hydrogens (primary N) is 1. The van der Waals surface area contributed by atoms with E-state index in [1.165, 1.54) is 0 Å². The minimum Gasteiger partial charge on any atom is -0.789 e. The zero-order valence-electron chi connectivity index (χ0n) is 27.2. The molecule has 0 bridgehead atoms. The van der Waals surface area contributed by atoms with E-state index >= 15 is 0 Å². The van der Waals surface area contributed by atoms with E-state index in [-0.39, 0.29) is 48.0 Å². The fraction of sp³-hybridized carbons (Fsp3) is 0.500. The molecule has 150 valence electrons. The number of fused-ring (bicyclic) bond motifs is 1. The van der Waals surface area contributed by atoms with Gasteiger partial charge in [-0.3, -0.25) is 13.4 Å². The minimum absolute atomic E-state index is 0. The van der Waals surface area contributed by atoms with Crippen molar-refractivity contribution < 1.29 is 99.1 Å². The van der Waals surface area contributed by atoms with E-state index in [1.54, 1.807) is 0 Å². The Kier molecular flexibility index (Phi) is 4.31. The van der Waals surface area contributed by atoms with Gasteiger partial charge in [0.05, 0.1) is 28.9 Å². The van der Waals surface area contributed by atoms with Gasteiger partial charge in [0.1, 0.15) is 32.8 Å². The van der Waals surface area contributed by atoms with Crippen molar-refractivity contribution in [1.29, 1.82) is 4.29 Å². The normalized spacial score (nSPS) is 43.3. The number of aromatic nitrogens is 4. The van der Waals surface area contributed by atoms with Gasteiger partial charge in [0.25, 0.3) is 0 Å². The molecule has 29 heavy (non-hydrogen) atoms. The number of nitrogen functional groups attached to an aromatic ring is 1. The van der Waals surface area contributed by atoms with Crippen LogP contribution >= 0.6 is 15.6 Å². The van der Waals surface area contributed by atoms with Gasteiger partial charge in [-0.15, -0.1) is 0 Å². The van der Waals surface area contributed by atoms with Crippen LogP contribution in [0.15, 0.2) is 12.6 Å². The van der Waals surface area contributed by atoms with Gasteiger partial charge in [-0.25, -0.2) is 19.5 Å². The number of phosphoric ester groups is 1. The molecule has 1 aliphatic heterocycles. The molecule has 15 nitrogen and oxygen atoms in total. The van der Waals surface area contributed by atoms with Crippen molar-refractivity contribution >= 4 is 32.6 Å². The van der Waals surface area contributed by atoms with E-state index in [0.717, 1.165) is 0 Å². The molecule has 3 rings (SSSR count). The molecular weight excluding hydrogens is 426 g/mol. The smallest absolute Gasteiger partial charge is 0.789 e. The standard InChI is InChI=1S/C10H15N5O10P2.2Li/c11-8-5-9(13-2-12-8)15(3-14-5)10-7(17)6(16)4(24-10)1-23-27(21,22)25-26(18,19)20;;/h2-4,6-7,10,16-17H,1H2,(H,21,22)(H2,11,12,13)(H2,18,19,20);;/q;2*+1/p-2/t4-,6?,7+,10?;;/m1../s1/i1D2,2D,3D,4D,6D,7D,10D,16D,17D;;/hD3. The van der Waals surface area contributed by atoms with Crippen LogP contribution in [-0.2, 0) is 22.7 Å². The number of anilines is 1. The van der Waals surface area contributed by atoms with Gasteiger partial charge in [-0.1, -0.05) is 0 Å². The molecule has 2 aromatic heterocycles. The second-order valence-electron chi connectivity index (χ2n) is 4.43. The number of phosphoric acid groups is 2. The summed E-state index contributed by atoms with van der Waals surface area (Å²) >= 11 is 0. The molecule has 2 aromatic rings. The van der Waals surface area contributed by atoms with Gasteiger partial charge in [0.2, 0.25) is 4.29 Å². The molecule has 0 saturated carbocycles. The number of ether oxygens (including phenoxy) is 1. The predicted octanol–water partition coefficient (Wildman–Crippen LogP) is -9.00. The number of imidazole rings is 1. The first-order chi connectivity index (χ1) is 18.0. The summed E-state index contributed by atoms with van der Waals surface area (Å²) in [4.78, 5) is 35.7. The largest absolute Gasteiger partial charge is 1.00 e. The van der Waals surface area contributed by atoms with Crippen molar-refractivity contribution in [3.05, 3.63) is 12.6 Å². The zero-order chi connectivity index (χ0) is 30.9. The van der Waals surface area contributed by atoms with Crippen molar-refractivity contribution in [2.75, 3.05) is 12.3 Å². The number of hydrogen-bond acceptors (Lipinski definition) is 14. The maximum absolute atomic E-state index is 12.4. The molecule has 1 aliphatic rings. The van der Waals surface area contributed by atoms with Crippen molar-refractivity contribution in [1.82, 2.24) is 19.5 Å². The molecule has 1 fully saturated rings. The quantitative estimate of drug-likeness (QED) is 0.193. The molecule has 5 N–H and O–H groups in total. The molecule has 0 aliphatic carbocycles. The third kappa shape index (κ3) is 6.11. The molecule has 1 saturated heterocycles. The molecule has 19 heteroatoms. The summed E-state index contributed by atoms with van der Waals surface area (Å²) in [7, 11) is -12.6. The van der Waals surface area contributed by atoms with Crippen LogP contribution in [-0.4, -0.2) is 63.7 Å². The SMILES string of the molecule is [2H]OC1([2H])[C@@]([2H])(C([2H])([2H])OP(=O)(O[2H])OP(=O)([O-])[O-])OC([2H])(n2c([2H])nc3c(N([2H])[2H])nc([2H])nc32)[C@@]1([2H])O[2H].[Li+].[Li+]. The fourth-order valence-electron chi connectivity index (χ4n) is 1.71. The molecule has 0 spiro atoms. The first kappa shape index (κ1) is 12.7. The fourth-order valence-corrected chi connectivity index (χ4v) is 3.02. The number of rotatable bonds is 10. The van der Waals surface area contributed by atoms with Gasteiger partial charge >= 0.3 is 45.5 Å². The molecule has 0 radical (unpaired) electrons. The first-order valence-corrected chi connectivity index (χ1v) is 9.14. The number of nitrogens with zero attached hydrogens (tertiary/aromatic N) is 4. The van der Waals surface area contributed by atoms with E-state index in [2.05, 4.69) is 38.9 Å². The molecule has 3 heterocycles. The van der Waals surface area contributed by atoms with Crippen LogP contribution in [0.1, 0.15) is 17.2 Å². The summed E-state index contributed by atoms with van der Waals surface area (Å²) in [5.41, 5.74) is -1.83. The van der Waals surface area contributed by atoms with Crippen LogP contribution in [0.4, 0.5) is 5.82 Å². The van der Waals surface area contributed by atoms with E-state index in [9.17, 15) is 18.9 Å². The Bertz CT molecular complexity index is 1430. The van der Waals surface area contributed by atoms with Crippen LogP contribution in [0.25, 0.3) is 11.2 Å². The van der Waals surface area contributed by atoms with E-state index in [0.29, 0.717) is 0 Å². The van der Waals surface area contributed by atoms with Crippen LogP contribution in [0.3, 0.4) is 0 Å². The third-order valence-electron chi connectivity index (χ3n) is 2.67. The molecule has 0 amide bonds. The molecule has 5 atom stereocenters. The summed E-state index contributed by atoms with van der Waals surface area (Å²) in [6, 6.07) is 0. The van der Waals surface area contributed by atoms with Gasteiger partial charge in [0.15, 0.2) is 20.5 Å². The zero-order valence-corrected chi connectivity index (χ0v) is 16.0. The maximum atomic E-state index is 12.4. The van der Waals surface area contributed by atoms with E-state index in [1.807, 2.05) is 0 Å². The molecule has 0 aromatic carbocycles. The van der Waals surface area contributed by atoms with E-state index in [4.69, 9.17) is 22.8 Å². The van der Waals surface area contributed by atoms with Gasteiger partial charge < -0.3 is 39.9 Å². The monoisotopic (exact) mass is 452 g/mol. The Labute approximate surface area is 205 Å². The van der Waals surface area contributed by atoms with Crippen molar-refractivity contribution in [2.24, 2.45) is 0 Å². The Morgan fingerprint density at radius 3 is 2.79 bits per heavy atom. The first-order valence-electron chi connectivity index (χ1n) is 12.3. The van der Waals surface area contributed by atoms with Gasteiger partial charge in [-0.2, -0.15) is 0 Å². The Morgan fingerprint density at radius 2 is 2.17 bits per heavy atom. The number of hydrogen-bond donors (Lipinski definition) is 4. The average Bonchev–Trinajstić information content (AvgIpc) is 3.21. The van der Waals surface area contributed by atoms with Crippen molar-refractivity contribution in [3.8, 4) is 0 Å². The molecule has 3 unspecified atom stereocenters. The maximum Gasteiger partial charge on any atom is 1.00 e. The summed E-state index contributed by atoms with van der Waals surface area (Å²) < 4.78 is 138.